The highest BCUT2D eigenvalue weighted by Gasteiger charge is 2.28. The van der Waals surface area contributed by atoms with Crippen LogP contribution >= 0.6 is 11.6 Å². The van der Waals surface area contributed by atoms with Gasteiger partial charge in [0.2, 0.25) is 5.91 Å². The van der Waals surface area contributed by atoms with Gasteiger partial charge in [0, 0.05) is 0 Å². The smallest absolute Gasteiger partial charge is 0.277 e. The van der Waals surface area contributed by atoms with Crippen molar-refractivity contribution in [2.24, 2.45) is 5.73 Å². The third-order valence-electron chi connectivity index (χ3n) is 3.86. The Bertz CT molecular complexity index is 788. The van der Waals surface area contributed by atoms with E-state index in [-0.39, 0.29) is 17.0 Å². The minimum atomic E-state index is -3.18. The Morgan fingerprint density at radius 2 is 1.70 bits per heavy atom. The molecule has 0 saturated carbocycles. The first-order valence-corrected chi connectivity index (χ1v) is 8.65. The predicted molar refractivity (Wildman–Crippen MR) is 99.7 cm³/mol. The van der Waals surface area contributed by atoms with E-state index in [1.54, 1.807) is 54.6 Å². The first-order valence-electron chi connectivity index (χ1n) is 8.27. The topological polar surface area (TPSA) is 84.2 Å². The number of amides is 2. The molecule has 2 aromatic carbocycles. The fraction of sp³-hybridized carbons (Fsp3) is 0.263. The number of nitrogens with one attached hydrogen (secondary N) is 2. The Morgan fingerprint density at radius 3 is 2.33 bits per heavy atom. The highest BCUT2D eigenvalue weighted by atomic mass is 35.5. The number of hydrogen-bond acceptors (Lipinski definition) is 3. The van der Waals surface area contributed by atoms with Crippen LogP contribution in [0.4, 0.5) is 8.78 Å². The average molecular weight is 396 g/mol. The summed E-state index contributed by atoms with van der Waals surface area (Å²) >= 11 is 6.03. The van der Waals surface area contributed by atoms with Crippen LogP contribution in [-0.4, -0.2) is 30.8 Å². The summed E-state index contributed by atoms with van der Waals surface area (Å²) in [6.45, 7) is -1.72. The number of hydrogen-bond donors (Lipinski definition) is 3. The molecule has 4 N–H and O–H groups in total. The molecule has 0 aliphatic carbocycles. The molecule has 0 aliphatic heterocycles. The zero-order valence-electron chi connectivity index (χ0n) is 14.4. The van der Waals surface area contributed by atoms with E-state index in [0.29, 0.717) is 5.56 Å². The molecule has 0 spiro atoms. The third-order valence-corrected chi connectivity index (χ3v) is 4.19. The van der Waals surface area contributed by atoms with Crippen LogP contribution in [-0.2, 0) is 4.79 Å². The van der Waals surface area contributed by atoms with Crippen LogP contribution in [0.15, 0.2) is 54.6 Å². The number of carbonyl (C=O) groups is 2. The molecule has 0 radical (unpaired) electrons. The van der Waals surface area contributed by atoms with E-state index < -0.39 is 36.9 Å². The van der Waals surface area contributed by atoms with Crippen molar-refractivity contribution in [1.82, 2.24) is 10.6 Å². The summed E-state index contributed by atoms with van der Waals surface area (Å²) in [6, 6.07) is 14.6. The third kappa shape index (κ3) is 6.30. The Kier molecular flexibility index (Phi) is 7.27. The highest BCUT2D eigenvalue weighted by Crippen LogP contribution is 2.20. The minimum Gasteiger partial charge on any atom is -0.350 e. The molecule has 0 aliphatic rings. The van der Waals surface area contributed by atoms with Gasteiger partial charge in [0.15, 0.2) is 0 Å². The van der Waals surface area contributed by atoms with Crippen molar-refractivity contribution in [3.8, 4) is 0 Å². The summed E-state index contributed by atoms with van der Waals surface area (Å²) < 4.78 is 26.5. The van der Waals surface area contributed by atoms with Crippen LogP contribution < -0.4 is 16.4 Å². The number of halogens is 3. The number of benzene rings is 2. The van der Waals surface area contributed by atoms with Gasteiger partial charge in [0.05, 0.1) is 36.1 Å². The second kappa shape index (κ2) is 9.43. The van der Waals surface area contributed by atoms with Crippen LogP contribution in [0.1, 0.15) is 28.4 Å². The van der Waals surface area contributed by atoms with Crippen molar-refractivity contribution in [3.05, 3.63) is 70.7 Å². The van der Waals surface area contributed by atoms with Crippen LogP contribution in [0, 0.1) is 0 Å². The van der Waals surface area contributed by atoms with Gasteiger partial charge in [-0.05, 0) is 17.7 Å². The van der Waals surface area contributed by atoms with E-state index in [9.17, 15) is 18.4 Å². The SMILES string of the molecule is NCC(F)(F)CNC(=O)CC(NC(=O)c1ccccc1Cl)c1ccccc1. The summed E-state index contributed by atoms with van der Waals surface area (Å²) in [6.07, 6.45) is -0.207. The van der Waals surface area contributed by atoms with E-state index in [1.807, 2.05) is 0 Å². The predicted octanol–water partition coefficient (Wildman–Crippen LogP) is 2.91. The molecule has 0 saturated heterocycles. The van der Waals surface area contributed by atoms with Gasteiger partial charge in [-0.15, -0.1) is 0 Å². The largest absolute Gasteiger partial charge is 0.350 e. The molecule has 2 amide bonds. The molecule has 5 nitrogen and oxygen atoms in total. The molecule has 2 rings (SSSR count). The van der Waals surface area contributed by atoms with Crippen molar-refractivity contribution in [1.29, 1.82) is 0 Å². The van der Waals surface area contributed by atoms with Gasteiger partial charge in [-0.2, -0.15) is 0 Å². The van der Waals surface area contributed by atoms with Crippen molar-refractivity contribution >= 4 is 23.4 Å². The Labute approximate surface area is 160 Å². The van der Waals surface area contributed by atoms with Gasteiger partial charge < -0.3 is 16.4 Å². The minimum absolute atomic E-state index is 0.207. The van der Waals surface area contributed by atoms with Crippen LogP contribution in [0.3, 0.4) is 0 Å². The van der Waals surface area contributed by atoms with Crippen molar-refractivity contribution in [2.75, 3.05) is 13.1 Å². The van der Waals surface area contributed by atoms with Gasteiger partial charge in [0.1, 0.15) is 0 Å². The molecule has 0 bridgehead atoms. The molecule has 0 aromatic heterocycles. The standard InChI is InChI=1S/C19H20ClF2N3O2/c20-15-9-5-4-8-14(15)18(27)25-16(13-6-2-1-3-7-13)10-17(26)24-12-19(21,22)11-23/h1-9,16H,10-12,23H2,(H,24,26)(H,25,27). The number of alkyl halides is 2. The molecule has 1 unspecified atom stereocenters. The zero-order valence-corrected chi connectivity index (χ0v) is 15.2. The van der Waals surface area contributed by atoms with E-state index >= 15 is 0 Å². The van der Waals surface area contributed by atoms with Gasteiger partial charge in [0.25, 0.3) is 11.8 Å². The lowest BCUT2D eigenvalue weighted by atomic mass is 10.0. The number of carbonyl (C=O) groups excluding carboxylic acids is 2. The molecular formula is C19H20ClF2N3O2. The molecule has 2 aromatic rings. The van der Waals surface area contributed by atoms with Gasteiger partial charge in [-0.3, -0.25) is 9.59 Å². The lowest BCUT2D eigenvalue weighted by Crippen LogP contribution is -2.42. The maximum Gasteiger partial charge on any atom is 0.277 e. The molecule has 144 valence electrons. The summed E-state index contributed by atoms with van der Waals surface area (Å²) in [5.74, 6) is -4.27. The summed E-state index contributed by atoms with van der Waals surface area (Å²) in [7, 11) is 0. The van der Waals surface area contributed by atoms with E-state index in [0.717, 1.165) is 0 Å². The second-order valence-corrected chi connectivity index (χ2v) is 6.36. The maximum absolute atomic E-state index is 13.2. The van der Waals surface area contributed by atoms with Crippen molar-refractivity contribution in [2.45, 2.75) is 18.4 Å². The zero-order chi connectivity index (χ0) is 19.9. The van der Waals surface area contributed by atoms with E-state index in [4.69, 9.17) is 17.3 Å². The molecule has 27 heavy (non-hydrogen) atoms. The van der Waals surface area contributed by atoms with Crippen LogP contribution in [0.2, 0.25) is 5.02 Å². The maximum atomic E-state index is 13.2. The van der Waals surface area contributed by atoms with Gasteiger partial charge in [-0.1, -0.05) is 54.1 Å². The highest BCUT2D eigenvalue weighted by molar-refractivity contribution is 6.33. The normalized spacial score (nSPS) is 12.3. The van der Waals surface area contributed by atoms with E-state index in [2.05, 4.69) is 10.6 Å². The fourth-order valence-corrected chi connectivity index (χ4v) is 2.60. The Balaban J connectivity index is 2.12. The Hall–Kier alpha value is -2.51. The molecule has 0 heterocycles. The first kappa shape index (κ1) is 20.8. The fourth-order valence-electron chi connectivity index (χ4n) is 2.38. The van der Waals surface area contributed by atoms with Gasteiger partial charge in [-0.25, -0.2) is 8.78 Å². The Morgan fingerprint density at radius 1 is 1.07 bits per heavy atom. The quantitative estimate of drug-likeness (QED) is 0.642. The van der Waals surface area contributed by atoms with Crippen LogP contribution in [0.5, 0.6) is 0 Å². The van der Waals surface area contributed by atoms with Crippen molar-refractivity contribution < 1.29 is 18.4 Å². The molecular weight excluding hydrogens is 376 g/mol. The number of rotatable bonds is 8. The lowest BCUT2D eigenvalue weighted by Gasteiger charge is -2.20. The summed E-state index contributed by atoms with van der Waals surface area (Å²) in [5.41, 5.74) is 5.88. The average Bonchev–Trinajstić information content (AvgIpc) is 2.67. The number of nitrogens with two attached hydrogens (primary N) is 1. The molecule has 1 atom stereocenters. The summed E-state index contributed by atoms with van der Waals surface area (Å²) in [4.78, 5) is 24.6. The van der Waals surface area contributed by atoms with Crippen LogP contribution in [0.25, 0.3) is 0 Å². The molecule has 0 fully saturated rings. The summed E-state index contributed by atoms with van der Waals surface area (Å²) in [5, 5.41) is 5.16. The first-order chi connectivity index (χ1) is 12.8. The monoisotopic (exact) mass is 395 g/mol. The van der Waals surface area contributed by atoms with E-state index in [1.165, 1.54) is 0 Å². The lowest BCUT2D eigenvalue weighted by molar-refractivity contribution is -0.123. The van der Waals surface area contributed by atoms with Crippen molar-refractivity contribution in [3.63, 3.8) is 0 Å². The second-order valence-electron chi connectivity index (χ2n) is 5.96. The molecule has 8 heteroatoms. The van der Waals surface area contributed by atoms with Gasteiger partial charge >= 0.3 is 0 Å².